The maximum atomic E-state index is 13.4. The summed E-state index contributed by atoms with van der Waals surface area (Å²) < 4.78 is 18.8. The van der Waals surface area contributed by atoms with E-state index in [4.69, 9.17) is 10.5 Å². The van der Waals surface area contributed by atoms with Gasteiger partial charge < -0.3 is 21.1 Å². The Hall–Kier alpha value is -1.46. The summed E-state index contributed by atoms with van der Waals surface area (Å²) in [5.74, 6) is -0.0113. The van der Waals surface area contributed by atoms with Gasteiger partial charge in [-0.3, -0.25) is 14.7 Å². The molecule has 1 amide bonds. The minimum Gasteiger partial charge on any atom is -0.379 e. The van der Waals surface area contributed by atoms with Gasteiger partial charge >= 0.3 is 0 Å². The third-order valence-electron chi connectivity index (χ3n) is 4.85. The van der Waals surface area contributed by atoms with E-state index in [0.717, 1.165) is 18.7 Å². The van der Waals surface area contributed by atoms with Gasteiger partial charge in [-0.2, -0.15) is 0 Å². The van der Waals surface area contributed by atoms with Crippen LogP contribution < -0.4 is 16.4 Å². The highest BCUT2D eigenvalue weighted by Gasteiger charge is 2.25. The van der Waals surface area contributed by atoms with Crippen LogP contribution in [-0.4, -0.2) is 62.7 Å². The van der Waals surface area contributed by atoms with Gasteiger partial charge in [0, 0.05) is 26.2 Å². The Morgan fingerprint density at radius 1 is 1.28 bits per heavy atom. The Bertz CT molecular complexity index is 663. The zero-order valence-electron chi connectivity index (χ0n) is 17.4. The first-order valence-corrected chi connectivity index (χ1v) is 9.73. The number of nitrogens with zero attached hydrogens (tertiary/aromatic N) is 2. The van der Waals surface area contributed by atoms with E-state index in [0.29, 0.717) is 32.3 Å². The van der Waals surface area contributed by atoms with Crippen LogP contribution in [0.3, 0.4) is 0 Å². The number of aliphatic imine (C=N–C) groups is 1. The van der Waals surface area contributed by atoms with Gasteiger partial charge in [-0.15, -0.1) is 24.0 Å². The fraction of sp³-hybridized carbons (Fsp3) is 0.600. The lowest BCUT2D eigenvalue weighted by molar-refractivity contribution is -0.125. The summed E-state index contributed by atoms with van der Waals surface area (Å²) in [6.07, 6.45) is 0. The Morgan fingerprint density at radius 3 is 2.45 bits per heavy atom. The smallest absolute Gasteiger partial charge is 0.224 e. The first-order valence-electron chi connectivity index (χ1n) is 9.73. The molecule has 2 rings (SSSR count). The van der Waals surface area contributed by atoms with Crippen molar-refractivity contribution in [2.45, 2.75) is 26.8 Å². The number of nitrogens with one attached hydrogen (secondary N) is 2. The predicted molar refractivity (Wildman–Crippen MR) is 124 cm³/mol. The molecule has 0 spiro atoms. The van der Waals surface area contributed by atoms with Crippen molar-refractivity contribution in [3.05, 3.63) is 35.6 Å². The molecule has 0 aromatic heterocycles. The van der Waals surface area contributed by atoms with Gasteiger partial charge in [-0.1, -0.05) is 12.1 Å². The highest BCUT2D eigenvalue weighted by atomic mass is 127. The van der Waals surface area contributed by atoms with Crippen molar-refractivity contribution in [3.63, 3.8) is 0 Å². The van der Waals surface area contributed by atoms with Gasteiger partial charge in [0.15, 0.2) is 5.96 Å². The van der Waals surface area contributed by atoms with E-state index >= 15 is 0 Å². The number of nitrogens with two attached hydrogens (primary N) is 1. The molecule has 1 saturated heterocycles. The molecule has 1 heterocycles. The molecule has 0 saturated carbocycles. The van der Waals surface area contributed by atoms with Gasteiger partial charge in [0.25, 0.3) is 0 Å². The average molecular weight is 521 g/mol. The van der Waals surface area contributed by atoms with Gasteiger partial charge in [0.05, 0.1) is 31.2 Å². The van der Waals surface area contributed by atoms with Crippen LogP contribution in [0, 0.1) is 11.2 Å². The van der Waals surface area contributed by atoms with Crippen LogP contribution >= 0.6 is 24.0 Å². The number of ether oxygens (including phenoxy) is 1. The number of hydrogen-bond donors (Lipinski definition) is 3. The van der Waals surface area contributed by atoms with Gasteiger partial charge in [0.1, 0.15) is 5.82 Å². The molecule has 7 nitrogen and oxygen atoms in total. The van der Waals surface area contributed by atoms with Crippen LogP contribution in [0.1, 0.15) is 32.4 Å². The van der Waals surface area contributed by atoms with E-state index in [2.05, 4.69) is 20.5 Å². The number of morpholine rings is 1. The van der Waals surface area contributed by atoms with Crippen molar-refractivity contribution in [2.75, 3.05) is 45.9 Å². The quantitative estimate of drug-likeness (QED) is 0.276. The van der Waals surface area contributed by atoms with E-state index in [1.165, 1.54) is 12.1 Å². The van der Waals surface area contributed by atoms with E-state index < -0.39 is 5.41 Å². The van der Waals surface area contributed by atoms with Gasteiger partial charge in [-0.05, 0) is 38.5 Å². The fourth-order valence-electron chi connectivity index (χ4n) is 2.92. The van der Waals surface area contributed by atoms with Crippen LogP contribution in [0.2, 0.25) is 0 Å². The maximum Gasteiger partial charge on any atom is 0.224 e. The van der Waals surface area contributed by atoms with Crippen molar-refractivity contribution in [1.29, 1.82) is 0 Å². The molecule has 9 heteroatoms. The summed E-state index contributed by atoms with van der Waals surface area (Å²) >= 11 is 0. The Morgan fingerprint density at radius 2 is 1.90 bits per heavy atom. The third-order valence-corrected chi connectivity index (χ3v) is 4.85. The zero-order chi connectivity index (χ0) is 20.6. The summed E-state index contributed by atoms with van der Waals surface area (Å²) in [5, 5.41) is 6.55. The Kier molecular flexibility index (Phi) is 10.8. The number of halogens is 2. The summed E-state index contributed by atoms with van der Waals surface area (Å²) in [5.41, 5.74) is 5.75. The lowest BCUT2D eigenvalue weighted by atomic mass is 9.93. The summed E-state index contributed by atoms with van der Waals surface area (Å²) in [7, 11) is 0. The molecule has 1 fully saturated rings. The minimum atomic E-state index is -0.719. The maximum absolute atomic E-state index is 13.4. The van der Waals surface area contributed by atoms with Gasteiger partial charge in [0.2, 0.25) is 5.91 Å². The zero-order valence-corrected chi connectivity index (χ0v) is 19.7. The Balaban J connectivity index is 0.00000420. The standard InChI is InChI=1S/C20H32FN5O2.HI/c1-4-23-19(25-14-20(2,3)18(22)27)24-13-17(26-9-11-28-12-10-26)15-5-7-16(21)8-6-15;/h5-8,17H,4,9-14H2,1-3H3,(H2,22,27)(H2,23,24,25);1H. The number of hydrogen-bond acceptors (Lipinski definition) is 4. The van der Waals surface area contributed by atoms with Crippen LogP contribution in [0.25, 0.3) is 0 Å². The number of rotatable bonds is 8. The number of benzene rings is 1. The molecule has 1 aliphatic rings. The SMILES string of the molecule is CCNC(=NCC(C)(C)C(N)=O)NCC(c1ccc(F)cc1)N1CCOCC1.I. The lowest BCUT2D eigenvalue weighted by Crippen LogP contribution is -2.46. The van der Waals surface area contributed by atoms with Gasteiger partial charge in [-0.25, -0.2) is 4.39 Å². The molecule has 164 valence electrons. The Labute approximate surface area is 189 Å². The number of carbonyl (C=O) groups excluding carboxylic acids is 1. The van der Waals surface area contributed by atoms with E-state index in [9.17, 15) is 9.18 Å². The summed E-state index contributed by atoms with van der Waals surface area (Å²) in [4.78, 5) is 18.4. The van der Waals surface area contributed by atoms with Crippen LogP contribution in [0.4, 0.5) is 4.39 Å². The molecule has 29 heavy (non-hydrogen) atoms. The van der Waals surface area contributed by atoms with Crippen molar-refractivity contribution < 1.29 is 13.9 Å². The minimum absolute atomic E-state index is 0. The predicted octanol–water partition coefficient (Wildman–Crippen LogP) is 1.88. The number of carbonyl (C=O) groups is 1. The van der Waals surface area contributed by atoms with E-state index in [-0.39, 0.29) is 48.3 Å². The second kappa shape index (κ2) is 12.3. The summed E-state index contributed by atoms with van der Waals surface area (Å²) in [6.45, 7) is 10.1. The largest absolute Gasteiger partial charge is 0.379 e. The molecule has 1 aromatic rings. The molecule has 0 radical (unpaired) electrons. The number of amides is 1. The first kappa shape index (κ1) is 25.6. The van der Waals surface area contributed by atoms with Crippen molar-refractivity contribution in [2.24, 2.45) is 16.1 Å². The van der Waals surface area contributed by atoms with E-state index in [1.807, 2.05) is 19.1 Å². The van der Waals surface area contributed by atoms with Crippen LogP contribution in [0.15, 0.2) is 29.3 Å². The third kappa shape index (κ3) is 8.06. The fourth-order valence-corrected chi connectivity index (χ4v) is 2.92. The van der Waals surface area contributed by atoms with Crippen molar-refractivity contribution >= 4 is 35.8 Å². The average Bonchev–Trinajstić information content (AvgIpc) is 2.68. The monoisotopic (exact) mass is 521 g/mol. The van der Waals surface area contributed by atoms with Crippen LogP contribution in [0.5, 0.6) is 0 Å². The topological polar surface area (TPSA) is 92.0 Å². The molecule has 4 N–H and O–H groups in total. The first-order chi connectivity index (χ1) is 13.3. The molecule has 1 atom stereocenters. The number of primary amides is 1. The number of guanidine groups is 1. The molecule has 1 aromatic carbocycles. The molecular formula is C20H33FIN5O2. The normalized spacial score (nSPS) is 16.6. The molecule has 1 aliphatic heterocycles. The van der Waals surface area contributed by atoms with Crippen molar-refractivity contribution in [3.8, 4) is 0 Å². The highest BCUT2D eigenvalue weighted by molar-refractivity contribution is 14.0. The molecule has 1 unspecified atom stereocenters. The lowest BCUT2D eigenvalue weighted by Gasteiger charge is -2.35. The van der Waals surface area contributed by atoms with Crippen molar-refractivity contribution in [1.82, 2.24) is 15.5 Å². The van der Waals surface area contributed by atoms with E-state index in [1.54, 1.807) is 13.8 Å². The van der Waals surface area contributed by atoms with Crippen LogP contribution in [-0.2, 0) is 9.53 Å². The molecular weight excluding hydrogens is 488 g/mol. The molecule has 0 aliphatic carbocycles. The second-order valence-corrected chi connectivity index (χ2v) is 7.54. The summed E-state index contributed by atoms with van der Waals surface area (Å²) in [6, 6.07) is 6.65. The second-order valence-electron chi connectivity index (χ2n) is 7.54. The highest BCUT2D eigenvalue weighted by Crippen LogP contribution is 2.22. The molecule has 0 bridgehead atoms.